The Kier molecular flexibility index (Phi) is 3.51. The van der Waals surface area contributed by atoms with Crippen LogP contribution in [0.25, 0.3) is 0 Å². The molecular weight excluding hydrogens is 286 g/mol. The highest BCUT2D eigenvalue weighted by Crippen LogP contribution is 2.38. The number of methoxy groups -OCH3 is 1. The van der Waals surface area contributed by atoms with Crippen molar-refractivity contribution in [3.8, 4) is 0 Å². The number of fused-ring (bicyclic) bond motifs is 1. The Morgan fingerprint density at radius 2 is 1.81 bits per heavy atom. The molecule has 0 fully saturated rings. The van der Waals surface area contributed by atoms with Crippen molar-refractivity contribution in [2.45, 2.75) is 19.3 Å². The first kappa shape index (κ1) is 13.8. The number of hydrogen-bond acceptors (Lipinski definition) is 5. The molecule has 2 aromatic rings. The van der Waals surface area contributed by atoms with Gasteiger partial charge in [0.25, 0.3) is 0 Å². The molecule has 1 aromatic heterocycles. The number of thiophene rings is 1. The van der Waals surface area contributed by atoms with E-state index in [-0.39, 0.29) is 5.78 Å². The molecule has 1 heterocycles. The van der Waals surface area contributed by atoms with E-state index in [0.29, 0.717) is 21.7 Å². The smallest absolute Gasteiger partial charge is 0.337 e. The number of esters is 1. The summed E-state index contributed by atoms with van der Waals surface area (Å²) in [5.74, 6) is -0.478. The van der Waals surface area contributed by atoms with Gasteiger partial charge in [0.1, 0.15) is 0 Å². The molecule has 0 atom stereocenters. The number of benzene rings is 1. The number of carbonyl (C=O) groups excluding carboxylic acids is 2. The number of ether oxygens (including phenoxy) is 1. The van der Waals surface area contributed by atoms with E-state index in [1.807, 2.05) is 0 Å². The molecule has 4 nitrogen and oxygen atoms in total. The zero-order valence-electron chi connectivity index (χ0n) is 11.6. The Bertz CT molecular complexity index is 716. The molecule has 0 saturated carbocycles. The predicted molar refractivity (Wildman–Crippen MR) is 82.0 cm³/mol. The van der Waals surface area contributed by atoms with E-state index in [4.69, 9.17) is 5.73 Å². The van der Waals surface area contributed by atoms with E-state index in [1.54, 1.807) is 24.3 Å². The second-order valence-electron chi connectivity index (χ2n) is 4.99. The average Bonchev–Trinajstić information content (AvgIpc) is 3.05. The molecule has 108 valence electrons. The SMILES string of the molecule is COC(=O)c1ccc(C(=O)c2c(N)sc3c2CCC3)cc1. The van der Waals surface area contributed by atoms with Crippen LogP contribution in [0.5, 0.6) is 0 Å². The second-order valence-corrected chi connectivity index (χ2v) is 6.13. The zero-order valence-corrected chi connectivity index (χ0v) is 12.5. The van der Waals surface area contributed by atoms with Gasteiger partial charge in [-0.3, -0.25) is 4.79 Å². The van der Waals surface area contributed by atoms with Crippen LogP contribution in [0.1, 0.15) is 43.1 Å². The highest BCUT2D eigenvalue weighted by molar-refractivity contribution is 7.16. The summed E-state index contributed by atoms with van der Waals surface area (Å²) in [7, 11) is 1.33. The summed E-state index contributed by atoms with van der Waals surface area (Å²) in [4.78, 5) is 25.3. The van der Waals surface area contributed by atoms with Crippen LogP contribution in [0, 0.1) is 0 Å². The number of nitrogen functional groups attached to an aromatic ring is 1. The maximum absolute atomic E-state index is 12.6. The fourth-order valence-electron chi connectivity index (χ4n) is 2.69. The lowest BCUT2D eigenvalue weighted by molar-refractivity contribution is 0.0600. The van der Waals surface area contributed by atoms with Crippen molar-refractivity contribution in [3.05, 3.63) is 51.4 Å². The summed E-state index contributed by atoms with van der Waals surface area (Å²) in [6.07, 6.45) is 3.02. The Morgan fingerprint density at radius 3 is 2.48 bits per heavy atom. The number of ketones is 1. The lowest BCUT2D eigenvalue weighted by Gasteiger charge is -2.04. The molecule has 0 bridgehead atoms. The zero-order chi connectivity index (χ0) is 15.0. The number of carbonyl (C=O) groups is 2. The number of nitrogens with two attached hydrogens (primary N) is 1. The molecule has 1 aliphatic rings. The van der Waals surface area contributed by atoms with Gasteiger partial charge in [0, 0.05) is 10.4 Å². The van der Waals surface area contributed by atoms with Gasteiger partial charge in [-0.05, 0) is 37.0 Å². The Labute approximate surface area is 126 Å². The van der Waals surface area contributed by atoms with Crippen molar-refractivity contribution in [3.63, 3.8) is 0 Å². The summed E-state index contributed by atoms with van der Waals surface area (Å²) in [5.41, 5.74) is 8.75. The van der Waals surface area contributed by atoms with Crippen molar-refractivity contribution in [1.29, 1.82) is 0 Å². The minimum atomic E-state index is -0.412. The minimum Gasteiger partial charge on any atom is -0.465 e. The molecule has 0 radical (unpaired) electrons. The van der Waals surface area contributed by atoms with Crippen LogP contribution in [-0.2, 0) is 17.6 Å². The van der Waals surface area contributed by atoms with Gasteiger partial charge in [-0.15, -0.1) is 11.3 Å². The number of hydrogen-bond donors (Lipinski definition) is 1. The first-order chi connectivity index (χ1) is 10.1. The molecule has 0 amide bonds. The largest absolute Gasteiger partial charge is 0.465 e. The van der Waals surface area contributed by atoms with Crippen LogP contribution >= 0.6 is 11.3 Å². The van der Waals surface area contributed by atoms with Gasteiger partial charge in [0.15, 0.2) is 5.78 Å². The van der Waals surface area contributed by atoms with E-state index in [0.717, 1.165) is 24.8 Å². The highest BCUT2D eigenvalue weighted by atomic mass is 32.1. The van der Waals surface area contributed by atoms with Gasteiger partial charge in [0.05, 0.1) is 23.2 Å². The number of rotatable bonds is 3. The molecule has 0 aliphatic heterocycles. The van der Waals surface area contributed by atoms with Crippen LogP contribution in [0.3, 0.4) is 0 Å². The van der Waals surface area contributed by atoms with Crippen LogP contribution < -0.4 is 5.73 Å². The lowest BCUT2D eigenvalue weighted by Crippen LogP contribution is -2.07. The number of aryl methyl sites for hydroxylation is 1. The van der Waals surface area contributed by atoms with E-state index >= 15 is 0 Å². The van der Waals surface area contributed by atoms with E-state index in [9.17, 15) is 9.59 Å². The van der Waals surface area contributed by atoms with Crippen LogP contribution in [0.4, 0.5) is 5.00 Å². The fourth-order valence-corrected chi connectivity index (χ4v) is 3.85. The summed E-state index contributed by atoms with van der Waals surface area (Å²) in [6, 6.07) is 6.49. The fraction of sp³-hybridized carbons (Fsp3) is 0.250. The molecule has 0 unspecified atom stereocenters. The molecule has 0 saturated heterocycles. The third-order valence-corrected chi connectivity index (χ3v) is 4.86. The van der Waals surface area contributed by atoms with E-state index < -0.39 is 5.97 Å². The molecular formula is C16H15NO3S. The molecule has 1 aliphatic carbocycles. The van der Waals surface area contributed by atoms with Crippen LogP contribution in [-0.4, -0.2) is 18.9 Å². The quantitative estimate of drug-likeness (QED) is 0.699. The monoisotopic (exact) mass is 301 g/mol. The van der Waals surface area contributed by atoms with Gasteiger partial charge < -0.3 is 10.5 Å². The topological polar surface area (TPSA) is 69.4 Å². The first-order valence-corrected chi connectivity index (χ1v) is 7.56. The van der Waals surface area contributed by atoms with Crippen molar-refractivity contribution in [2.75, 3.05) is 12.8 Å². The molecule has 21 heavy (non-hydrogen) atoms. The highest BCUT2D eigenvalue weighted by Gasteiger charge is 2.26. The normalized spacial score (nSPS) is 13.0. The maximum Gasteiger partial charge on any atom is 0.337 e. The van der Waals surface area contributed by atoms with Gasteiger partial charge in [0.2, 0.25) is 0 Å². The summed E-state index contributed by atoms with van der Waals surface area (Å²) in [5, 5.41) is 0.599. The minimum absolute atomic E-state index is 0.0664. The second kappa shape index (κ2) is 5.33. The first-order valence-electron chi connectivity index (χ1n) is 6.75. The Hall–Kier alpha value is -2.14. The summed E-state index contributed by atoms with van der Waals surface area (Å²) in [6.45, 7) is 0. The Morgan fingerprint density at radius 1 is 1.14 bits per heavy atom. The van der Waals surface area contributed by atoms with Crippen molar-refractivity contribution in [2.24, 2.45) is 0 Å². The van der Waals surface area contributed by atoms with Gasteiger partial charge in [-0.1, -0.05) is 12.1 Å². The molecule has 0 spiro atoms. The third-order valence-electron chi connectivity index (χ3n) is 3.74. The van der Waals surface area contributed by atoms with Crippen molar-refractivity contribution < 1.29 is 14.3 Å². The van der Waals surface area contributed by atoms with Gasteiger partial charge in [-0.2, -0.15) is 0 Å². The molecule has 5 heteroatoms. The predicted octanol–water partition coefficient (Wildman–Crippen LogP) is 2.84. The molecule has 3 rings (SSSR count). The van der Waals surface area contributed by atoms with Gasteiger partial charge in [-0.25, -0.2) is 4.79 Å². The maximum atomic E-state index is 12.6. The van der Waals surface area contributed by atoms with Crippen LogP contribution in [0.15, 0.2) is 24.3 Å². The summed E-state index contributed by atoms with van der Waals surface area (Å²) < 4.78 is 4.65. The lowest BCUT2D eigenvalue weighted by atomic mass is 9.99. The Balaban J connectivity index is 1.94. The molecule has 1 aromatic carbocycles. The van der Waals surface area contributed by atoms with Crippen molar-refractivity contribution in [1.82, 2.24) is 0 Å². The van der Waals surface area contributed by atoms with Gasteiger partial charge >= 0.3 is 5.97 Å². The number of anilines is 1. The van der Waals surface area contributed by atoms with Crippen molar-refractivity contribution >= 4 is 28.1 Å². The van der Waals surface area contributed by atoms with E-state index in [1.165, 1.54) is 23.3 Å². The average molecular weight is 301 g/mol. The molecule has 2 N–H and O–H groups in total. The third kappa shape index (κ3) is 2.34. The van der Waals surface area contributed by atoms with Crippen LogP contribution in [0.2, 0.25) is 0 Å². The standard InChI is InChI=1S/C16H15NO3S/c1-20-16(19)10-7-5-9(6-8-10)14(18)13-11-3-2-4-12(11)21-15(13)17/h5-8H,2-4,17H2,1H3. The summed E-state index contributed by atoms with van der Waals surface area (Å²) >= 11 is 1.52. The van der Waals surface area contributed by atoms with E-state index in [2.05, 4.69) is 4.74 Å².